The second-order valence-corrected chi connectivity index (χ2v) is 5.97. The number of nitrogens with two attached hydrogens (primary N) is 1. The standard InChI is InChI=1S/C15H28N2O2/c1-2-17(14-7-8-14)15(18)11-19-10-13-6-4-3-5-12(13)9-16/h12-14H,2-11,16H2,1H3. The second-order valence-electron chi connectivity index (χ2n) is 5.97. The molecule has 2 aliphatic rings. The largest absolute Gasteiger partial charge is 0.371 e. The van der Waals surface area contributed by atoms with Gasteiger partial charge in [-0.15, -0.1) is 0 Å². The van der Waals surface area contributed by atoms with Gasteiger partial charge in [-0.1, -0.05) is 12.8 Å². The number of likely N-dealkylation sites (N-methyl/N-ethyl adjacent to an activating group) is 1. The highest BCUT2D eigenvalue weighted by Gasteiger charge is 2.31. The summed E-state index contributed by atoms with van der Waals surface area (Å²) >= 11 is 0. The van der Waals surface area contributed by atoms with Crippen LogP contribution in [0.1, 0.15) is 45.4 Å². The van der Waals surface area contributed by atoms with E-state index in [0.29, 0.717) is 24.5 Å². The van der Waals surface area contributed by atoms with E-state index in [1.807, 2.05) is 11.8 Å². The normalized spacial score (nSPS) is 27.3. The molecule has 110 valence electrons. The molecule has 0 radical (unpaired) electrons. The van der Waals surface area contributed by atoms with Gasteiger partial charge in [-0.2, -0.15) is 0 Å². The molecule has 0 aliphatic heterocycles. The van der Waals surface area contributed by atoms with E-state index < -0.39 is 0 Å². The van der Waals surface area contributed by atoms with Crippen molar-refractivity contribution in [2.45, 2.75) is 51.5 Å². The number of hydrogen-bond donors (Lipinski definition) is 1. The first-order chi connectivity index (χ1) is 9.26. The smallest absolute Gasteiger partial charge is 0.248 e. The number of hydrogen-bond acceptors (Lipinski definition) is 3. The molecule has 0 saturated heterocycles. The Morgan fingerprint density at radius 2 is 1.89 bits per heavy atom. The fourth-order valence-corrected chi connectivity index (χ4v) is 3.22. The van der Waals surface area contributed by atoms with Crippen LogP contribution in [0.5, 0.6) is 0 Å². The summed E-state index contributed by atoms with van der Waals surface area (Å²) in [6.45, 7) is 4.56. The molecule has 4 nitrogen and oxygen atoms in total. The van der Waals surface area contributed by atoms with E-state index in [9.17, 15) is 4.79 Å². The van der Waals surface area contributed by atoms with Crippen molar-refractivity contribution in [1.29, 1.82) is 0 Å². The minimum Gasteiger partial charge on any atom is -0.371 e. The average molecular weight is 268 g/mol. The highest BCUT2D eigenvalue weighted by molar-refractivity contribution is 5.78. The summed E-state index contributed by atoms with van der Waals surface area (Å²) in [5.41, 5.74) is 5.81. The van der Waals surface area contributed by atoms with Crippen molar-refractivity contribution < 1.29 is 9.53 Å². The van der Waals surface area contributed by atoms with E-state index in [1.165, 1.54) is 25.7 Å². The Kier molecular flexibility index (Phi) is 5.64. The van der Waals surface area contributed by atoms with Gasteiger partial charge in [-0.05, 0) is 51.0 Å². The van der Waals surface area contributed by atoms with Crippen molar-refractivity contribution in [2.75, 3.05) is 26.3 Å². The predicted molar refractivity (Wildman–Crippen MR) is 75.7 cm³/mol. The Hall–Kier alpha value is -0.610. The zero-order valence-electron chi connectivity index (χ0n) is 12.1. The second kappa shape index (κ2) is 7.25. The highest BCUT2D eigenvalue weighted by atomic mass is 16.5. The van der Waals surface area contributed by atoms with E-state index in [0.717, 1.165) is 25.9 Å². The number of carbonyl (C=O) groups excluding carboxylic acids is 1. The summed E-state index contributed by atoms with van der Waals surface area (Å²) < 4.78 is 5.68. The fourth-order valence-electron chi connectivity index (χ4n) is 3.22. The molecule has 2 aliphatic carbocycles. The molecule has 0 aromatic carbocycles. The van der Waals surface area contributed by atoms with Crippen molar-refractivity contribution in [3.63, 3.8) is 0 Å². The Morgan fingerprint density at radius 1 is 1.21 bits per heavy atom. The van der Waals surface area contributed by atoms with Gasteiger partial charge in [0.25, 0.3) is 0 Å². The number of rotatable bonds is 7. The molecule has 0 spiro atoms. The minimum absolute atomic E-state index is 0.158. The summed E-state index contributed by atoms with van der Waals surface area (Å²) in [7, 11) is 0. The van der Waals surface area contributed by atoms with Crippen LogP contribution in [-0.4, -0.2) is 43.2 Å². The third-order valence-electron chi connectivity index (χ3n) is 4.58. The van der Waals surface area contributed by atoms with Crippen LogP contribution in [-0.2, 0) is 9.53 Å². The van der Waals surface area contributed by atoms with Crippen LogP contribution in [0.3, 0.4) is 0 Å². The lowest BCUT2D eigenvalue weighted by atomic mass is 9.80. The molecule has 2 unspecified atom stereocenters. The van der Waals surface area contributed by atoms with E-state index in [2.05, 4.69) is 0 Å². The lowest BCUT2D eigenvalue weighted by Crippen LogP contribution is -2.37. The van der Waals surface area contributed by atoms with Crippen molar-refractivity contribution >= 4 is 5.91 Å². The van der Waals surface area contributed by atoms with Crippen molar-refractivity contribution in [3.8, 4) is 0 Å². The number of nitrogens with zero attached hydrogens (tertiary/aromatic N) is 1. The molecule has 2 atom stereocenters. The maximum atomic E-state index is 12.0. The van der Waals surface area contributed by atoms with Gasteiger partial charge in [0.05, 0.1) is 6.61 Å². The van der Waals surface area contributed by atoms with Gasteiger partial charge in [0.1, 0.15) is 6.61 Å². The molecule has 2 N–H and O–H groups in total. The lowest BCUT2D eigenvalue weighted by Gasteiger charge is -2.30. The molecule has 2 saturated carbocycles. The van der Waals surface area contributed by atoms with E-state index in [4.69, 9.17) is 10.5 Å². The predicted octanol–water partition coefficient (Wildman–Crippen LogP) is 1.78. The molecule has 0 aromatic rings. The van der Waals surface area contributed by atoms with E-state index in [-0.39, 0.29) is 12.5 Å². The molecular formula is C15H28N2O2. The molecule has 0 heterocycles. The first-order valence-corrected chi connectivity index (χ1v) is 7.83. The van der Waals surface area contributed by atoms with Crippen LogP contribution in [0.2, 0.25) is 0 Å². The molecule has 19 heavy (non-hydrogen) atoms. The SMILES string of the molecule is CCN(C(=O)COCC1CCCCC1CN)C1CC1. The van der Waals surface area contributed by atoms with Crippen molar-refractivity contribution in [3.05, 3.63) is 0 Å². The molecular weight excluding hydrogens is 240 g/mol. The first-order valence-electron chi connectivity index (χ1n) is 7.83. The number of ether oxygens (including phenoxy) is 1. The van der Waals surface area contributed by atoms with Crippen LogP contribution in [0, 0.1) is 11.8 Å². The van der Waals surface area contributed by atoms with Gasteiger partial charge in [0.15, 0.2) is 0 Å². The lowest BCUT2D eigenvalue weighted by molar-refractivity contribution is -0.137. The van der Waals surface area contributed by atoms with Crippen LogP contribution < -0.4 is 5.73 Å². The van der Waals surface area contributed by atoms with Gasteiger partial charge in [0.2, 0.25) is 5.91 Å². The third-order valence-corrected chi connectivity index (χ3v) is 4.58. The average Bonchev–Trinajstić information content (AvgIpc) is 3.25. The Morgan fingerprint density at radius 3 is 2.47 bits per heavy atom. The number of carbonyl (C=O) groups is 1. The Bertz CT molecular complexity index is 292. The van der Waals surface area contributed by atoms with Crippen LogP contribution in [0.4, 0.5) is 0 Å². The molecule has 2 rings (SSSR count). The quantitative estimate of drug-likeness (QED) is 0.765. The number of amides is 1. The maximum Gasteiger partial charge on any atom is 0.248 e. The summed E-state index contributed by atoms with van der Waals surface area (Å²) in [6.07, 6.45) is 7.33. The van der Waals surface area contributed by atoms with Gasteiger partial charge in [0, 0.05) is 12.6 Å². The van der Waals surface area contributed by atoms with Gasteiger partial charge in [-0.3, -0.25) is 4.79 Å². The fraction of sp³-hybridized carbons (Fsp3) is 0.933. The molecule has 2 fully saturated rings. The van der Waals surface area contributed by atoms with Gasteiger partial charge >= 0.3 is 0 Å². The summed E-state index contributed by atoms with van der Waals surface area (Å²) in [5, 5.41) is 0. The summed E-state index contributed by atoms with van der Waals surface area (Å²) in [4.78, 5) is 14.0. The highest BCUT2D eigenvalue weighted by Crippen LogP contribution is 2.30. The zero-order chi connectivity index (χ0) is 13.7. The zero-order valence-corrected chi connectivity index (χ0v) is 12.1. The first kappa shape index (κ1) is 14.8. The van der Waals surface area contributed by atoms with Crippen molar-refractivity contribution in [2.24, 2.45) is 17.6 Å². The monoisotopic (exact) mass is 268 g/mol. The summed E-state index contributed by atoms with van der Waals surface area (Å²) in [5.74, 6) is 1.31. The Balaban J connectivity index is 1.68. The topological polar surface area (TPSA) is 55.6 Å². The van der Waals surface area contributed by atoms with E-state index >= 15 is 0 Å². The summed E-state index contributed by atoms with van der Waals surface area (Å²) in [6, 6.07) is 0.493. The molecule has 1 amide bonds. The van der Waals surface area contributed by atoms with Gasteiger partial charge < -0.3 is 15.4 Å². The van der Waals surface area contributed by atoms with Crippen LogP contribution in [0.15, 0.2) is 0 Å². The third kappa shape index (κ3) is 4.18. The molecule has 0 aromatic heterocycles. The van der Waals surface area contributed by atoms with Crippen LogP contribution >= 0.6 is 0 Å². The van der Waals surface area contributed by atoms with Crippen molar-refractivity contribution in [1.82, 2.24) is 4.90 Å². The molecule has 4 heteroatoms. The molecule has 0 bridgehead atoms. The Labute approximate surface area is 116 Å². The maximum absolute atomic E-state index is 12.0. The van der Waals surface area contributed by atoms with Gasteiger partial charge in [-0.25, -0.2) is 0 Å². The van der Waals surface area contributed by atoms with Crippen LogP contribution in [0.25, 0.3) is 0 Å². The van der Waals surface area contributed by atoms with E-state index in [1.54, 1.807) is 0 Å². The minimum atomic E-state index is 0.158.